The van der Waals surface area contributed by atoms with Crippen LogP contribution in [0.5, 0.6) is 0 Å². The van der Waals surface area contributed by atoms with E-state index in [-0.39, 0.29) is 0 Å². The summed E-state index contributed by atoms with van der Waals surface area (Å²) < 4.78 is 5.36. The maximum Gasteiger partial charge on any atom is 0.128 e. The van der Waals surface area contributed by atoms with Crippen molar-refractivity contribution in [3.63, 3.8) is 0 Å². The molecule has 19 heavy (non-hydrogen) atoms. The van der Waals surface area contributed by atoms with E-state index in [0.717, 1.165) is 37.8 Å². The molecule has 1 N–H and O–H groups in total. The molecule has 0 aliphatic carbocycles. The predicted octanol–water partition coefficient (Wildman–Crippen LogP) is 2.22. The van der Waals surface area contributed by atoms with Gasteiger partial charge in [0, 0.05) is 24.4 Å². The summed E-state index contributed by atoms with van der Waals surface area (Å²) in [5.74, 6) is 2.32. The largest absolute Gasteiger partial charge is 0.380 e. The number of nitrogens with zero attached hydrogens (tertiary/aromatic N) is 2. The standard InChI is InChI=1S/C14H21N3OS/c1-11-13(4-9-19-11)16-12-2-3-14(15-10-12)17-5-7-18-8-6-17/h2-3,10-11,13,16H,4-9H2,1H3. The van der Waals surface area contributed by atoms with Crippen molar-refractivity contribution in [1.29, 1.82) is 0 Å². The quantitative estimate of drug-likeness (QED) is 0.918. The second kappa shape index (κ2) is 6.01. The fraction of sp³-hybridized carbons (Fsp3) is 0.643. The lowest BCUT2D eigenvalue weighted by Crippen LogP contribution is -2.36. The van der Waals surface area contributed by atoms with Crippen LogP contribution in [0.1, 0.15) is 13.3 Å². The zero-order valence-electron chi connectivity index (χ0n) is 11.3. The van der Waals surface area contributed by atoms with Crippen molar-refractivity contribution >= 4 is 23.3 Å². The summed E-state index contributed by atoms with van der Waals surface area (Å²) >= 11 is 2.05. The molecule has 3 rings (SSSR count). The second-order valence-electron chi connectivity index (χ2n) is 5.12. The van der Waals surface area contributed by atoms with Crippen molar-refractivity contribution in [2.45, 2.75) is 24.6 Å². The van der Waals surface area contributed by atoms with Gasteiger partial charge >= 0.3 is 0 Å². The number of morpholine rings is 1. The Labute approximate surface area is 118 Å². The first-order valence-corrected chi connectivity index (χ1v) is 8.05. The zero-order valence-corrected chi connectivity index (χ0v) is 12.2. The third kappa shape index (κ3) is 3.15. The molecule has 4 nitrogen and oxygen atoms in total. The SMILES string of the molecule is CC1SCCC1Nc1ccc(N2CCOCC2)nc1. The zero-order chi connectivity index (χ0) is 13.1. The molecule has 1 aromatic heterocycles. The van der Waals surface area contributed by atoms with E-state index >= 15 is 0 Å². The van der Waals surface area contributed by atoms with Crippen LogP contribution in [0.3, 0.4) is 0 Å². The topological polar surface area (TPSA) is 37.4 Å². The van der Waals surface area contributed by atoms with Crippen LogP contribution >= 0.6 is 11.8 Å². The Morgan fingerprint density at radius 1 is 1.37 bits per heavy atom. The van der Waals surface area contributed by atoms with Gasteiger partial charge in [0.15, 0.2) is 0 Å². The van der Waals surface area contributed by atoms with E-state index in [9.17, 15) is 0 Å². The van der Waals surface area contributed by atoms with Crippen molar-refractivity contribution in [3.8, 4) is 0 Å². The van der Waals surface area contributed by atoms with Gasteiger partial charge < -0.3 is 15.0 Å². The van der Waals surface area contributed by atoms with Gasteiger partial charge in [-0.05, 0) is 24.3 Å². The van der Waals surface area contributed by atoms with Gasteiger partial charge in [0.05, 0.1) is 25.1 Å². The third-order valence-corrected chi connectivity index (χ3v) is 5.14. The molecule has 3 heterocycles. The molecule has 0 radical (unpaired) electrons. The van der Waals surface area contributed by atoms with Crippen molar-refractivity contribution < 1.29 is 4.74 Å². The third-order valence-electron chi connectivity index (χ3n) is 3.81. The lowest BCUT2D eigenvalue weighted by Gasteiger charge is -2.28. The lowest BCUT2D eigenvalue weighted by molar-refractivity contribution is 0.122. The van der Waals surface area contributed by atoms with Crippen molar-refractivity contribution in [2.75, 3.05) is 42.3 Å². The molecule has 0 saturated carbocycles. The summed E-state index contributed by atoms with van der Waals surface area (Å²) in [4.78, 5) is 6.85. The number of hydrogen-bond acceptors (Lipinski definition) is 5. The molecular formula is C14H21N3OS. The van der Waals surface area contributed by atoms with Gasteiger partial charge in [-0.25, -0.2) is 4.98 Å². The molecule has 2 fully saturated rings. The van der Waals surface area contributed by atoms with Crippen LogP contribution in [0.2, 0.25) is 0 Å². The van der Waals surface area contributed by atoms with E-state index in [1.165, 1.54) is 12.2 Å². The van der Waals surface area contributed by atoms with E-state index in [1.807, 2.05) is 18.0 Å². The Hall–Kier alpha value is -0.940. The van der Waals surface area contributed by atoms with Crippen LogP contribution < -0.4 is 10.2 Å². The number of ether oxygens (including phenoxy) is 1. The highest BCUT2D eigenvalue weighted by Crippen LogP contribution is 2.29. The van der Waals surface area contributed by atoms with Crippen molar-refractivity contribution in [3.05, 3.63) is 18.3 Å². The molecule has 0 aromatic carbocycles. The smallest absolute Gasteiger partial charge is 0.128 e. The summed E-state index contributed by atoms with van der Waals surface area (Å²) in [6.07, 6.45) is 3.21. The monoisotopic (exact) mass is 279 g/mol. The summed E-state index contributed by atoms with van der Waals surface area (Å²) in [5, 5.41) is 4.29. The Balaban J connectivity index is 1.61. The minimum absolute atomic E-state index is 0.584. The molecule has 0 bridgehead atoms. The molecule has 5 heteroatoms. The minimum atomic E-state index is 0.584. The summed E-state index contributed by atoms with van der Waals surface area (Å²) in [6.45, 7) is 5.79. The second-order valence-corrected chi connectivity index (χ2v) is 6.61. The fourth-order valence-electron chi connectivity index (χ4n) is 2.59. The highest BCUT2D eigenvalue weighted by atomic mass is 32.2. The van der Waals surface area contributed by atoms with E-state index in [1.54, 1.807) is 0 Å². The average Bonchev–Trinajstić information content (AvgIpc) is 2.86. The summed E-state index contributed by atoms with van der Waals surface area (Å²) in [7, 11) is 0. The number of anilines is 2. The normalized spacial score (nSPS) is 27.5. The maximum atomic E-state index is 5.36. The molecule has 0 spiro atoms. The average molecular weight is 279 g/mol. The molecule has 2 aliphatic rings. The van der Waals surface area contributed by atoms with Gasteiger partial charge in [-0.15, -0.1) is 0 Å². The number of nitrogens with one attached hydrogen (secondary N) is 1. The first-order chi connectivity index (χ1) is 9.33. The van der Waals surface area contributed by atoms with Crippen LogP contribution in [0.15, 0.2) is 18.3 Å². The number of pyridine rings is 1. The number of thioether (sulfide) groups is 1. The fourth-order valence-corrected chi connectivity index (χ4v) is 3.78. The van der Waals surface area contributed by atoms with E-state index in [4.69, 9.17) is 4.74 Å². The van der Waals surface area contributed by atoms with Gasteiger partial charge in [0.2, 0.25) is 0 Å². The molecule has 2 saturated heterocycles. The molecule has 0 amide bonds. The molecule has 1 aromatic rings. The Morgan fingerprint density at radius 2 is 2.21 bits per heavy atom. The van der Waals surface area contributed by atoms with Crippen LogP contribution in [-0.4, -0.2) is 48.3 Å². The van der Waals surface area contributed by atoms with Crippen LogP contribution in [0.25, 0.3) is 0 Å². The van der Waals surface area contributed by atoms with E-state index in [2.05, 4.69) is 34.3 Å². The van der Waals surface area contributed by atoms with E-state index in [0.29, 0.717) is 11.3 Å². The maximum absolute atomic E-state index is 5.36. The van der Waals surface area contributed by atoms with Gasteiger partial charge in [0.25, 0.3) is 0 Å². The van der Waals surface area contributed by atoms with Gasteiger partial charge in [0.1, 0.15) is 5.82 Å². The molecular weight excluding hydrogens is 258 g/mol. The lowest BCUT2D eigenvalue weighted by atomic mass is 10.1. The Bertz CT molecular complexity index is 406. The minimum Gasteiger partial charge on any atom is -0.380 e. The van der Waals surface area contributed by atoms with Gasteiger partial charge in [-0.2, -0.15) is 11.8 Å². The number of rotatable bonds is 3. The Kier molecular flexibility index (Phi) is 4.13. The van der Waals surface area contributed by atoms with Crippen molar-refractivity contribution in [2.24, 2.45) is 0 Å². The van der Waals surface area contributed by atoms with Gasteiger partial charge in [-0.3, -0.25) is 0 Å². The summed E-state index contributed by atoms with van der Waals surface area (Å²) in [5.41, 5.74) is 1.14. The van der Waals surface area contributed by atoms with E-state index < -0.39 is 0 Å². The van der Waals surface area contributed by atoms with Crippen LogP contribution in [0, 0.1) is 0 Å². The molecule has 2 aliphatic heterocycles. The Morgan fingerprint density at radius 3 is 2.84 bits per heavy atom. The van der Waals surface area contributed by atoms with Crippen LogP contribution in [-0.2, 0) is 4.74 Å². The molecule has 2 unspecified atom stereocenters. The van der Waals surface area contributed by atoms with Crippen molar-refractivity contribution in [1.82, 2.24) is 4.98 Å². The first-order valence-electron chi connectivity index (χ1n) is 7.00. The molecule has 104 valence electrons. The highest BCUT2D eigenvalue weighted by Gasteiger charge is 2.23. The van der Waals surface area contributed by atoms with Gasteiger partial charge in [-0.1, -0.05) is 6.92 Å². The number of hydrogen-bond donors (Lipinski definition) is 1. The van der Waals surface area contributed by atoms with Crippen LogP contribution in [0.4, 0.5) is 11.5 Å². The molecule has 2 atom stereocenters. The highest BCUT2D eigenvalue weighted by molar-refractivity contribution is 8.00. The summed E-state index contributed by atoms with van der Waals surface area (Å²) in [6, 6.07) is 4.84. The first kappa shape index (κ1) is 13.1. The number of aromatic nitrogens is 1. The predicted molar refractivity (Wildman–Crippen MR) is 81.2 cm³/mol.